The van der Waals surface area contributed by atoms with Gasteiger partial charge in [0.05, 0.1) is 5.69 Å². The van der Waals surface area contributed by atoms with E-state index >= 15 is 0 Å². The van der Waals surface area contributed by atoms with Crippen LogP contribution in [0, 0.1) is 0 Å². The molecule has 2 aliphatic rings. The Morgan fingerprint density at radius 2 is 0.717 bits per heavy atom. The van der Waals surface area contributed by atoms with Crippen LogP contribution >= 0.6 is 0 Å². The average Bonchev–Trinajstić information content (AvgIpc) is 3.80. The molecule has 12 rings (SSSR count). The van der Waals surface area contributed by atoms with E-state index in [4.69, 9.17) is 0 Å². The quantitative estimate of drug-likeness (QED) is 0.157. The van der Waals surface area contributed by atoms with Gasteiger partial charge in [0.25, 0.3) is 0 Å². The van der Waals surface area contributed by atoms with Gasteiger partial charge in [0.15, 0.2) is 0 Å². The van der Waals surface area contributed by atoms with Crippen LogP contribution in [-0.2, 0) is 17.9 Å². The van der Waals surface area contributed by atoms with Crippen molar-refractivity contribution in [3.05, 3.63) is 204 Å². The van der Waals surface area contributed by atoms with E-state index in [2.05, 4.69) is 221 Å². The molecule has 0 fully saturated rings. The first-order valence-corrected chi connectivity index (χ1v) is 21.3. The lowest BCUT2D eigenvalue weighted by Crippen LogP contribution is -2.14. The average molecular weight is 768 g/mol. The topological polar surface area (TPSA) is 4.93 Å². The van der Waals surface area contributed by atoms with E-state index in [1.807, 2.05) is 0 Å². The number of fused-ring (bicyclic) bond motifs is 9. The van der Waals surface area contributed by atoms with Crippen molar-refractivity contribution in [3.63, 3.8) is 0 Å². The van der Waals surface area contributed by atoms with Crippen molar-refractivity contribution in [3.8, 4) is 66.9 Å². The molecule has 0 saturated heterocycles. The van der Waals surface area contributed by atoms with E-state index in [0.717, 1.165) is 0 Å². The number of aryl methyl sites for hydroxylation is 1. The van der Waals surface area contributed by atoms with E-state index < -0.39 is 0 Å². The molecule has 0 saturated carbocycles. The highest BCUT2D eigenvalue weighted by Crippen LogP contribution is 2.53. The van der Waals surface area contributed by atoms with Gasteiger partial charge in [-0.3, -0.25) is 0 Å². The van der Waals surface area contributed by atoms with Gasteiger partial charge < -0.3 is 4.57 Å². The van der Waals surface area contributed by atoms with Crippen molar-refractivity contribution >= 4 is 32.4 Å². The Kier molecular flexibility index (Phi) is 7.31. The van der Waals surface area contributed by atoms with Crippen LogP contribution in [0.5, 0.6) is 0 Å². The third-order valence-electron chi connectivity index (χ3n) is 14.2. The van der Waals surface area contributed by atoms with Crippen LogP contribution in [0.3, 0.4) is 0 Å². The summed E-state index contributed by atoms with van der Waals surface area (Å²) in [7, 11) is 2.25. The van der Waals surface area contributed by atoms with Crippen molar-refractivity contribution in [2.45, 2.75) is 38.5 Å². The lowest BCUT2D eigenvalue weighted by atomic mass is 9.80. The maximum absolute atomic E-state index is 2.48. The summed E-state index contributed by atoms with van der Waals surface area (Å²) in [6, 6.07) is 68.5. The Hall–Kier alpha value is -6.96. The summed E-state index contributed by atoms with van der Waals surface area (Å²) in [6.45, 7) is 9.50. The van der Waals surface area contributed by atoms with E-state index in [-0.39, 0.29) is 10.8 Å². The molecule has 1 heterocycles. The second kappa shape index (κ2) is 12.5. The molecule has 10 aromatic rings. The van der Waals surface area contributed by atoms with E-state index in [9.17, 15) is 0 Å². The van der Waals surface area contributed by atoms with Crippen LogP contribution in [-0.4, -0.2) is 4.57 Å². The van der Waals surface area contributed by atoms with Crippen LogP contribution < -0.4 is 0 Å². The minimum atomic E-state index is -0.0815. The van der Waals surface area contributed by atoms with Gasteiger partial charge in [-0.15, -0.1) is 0 Å². The van der Waals surface area contributed by atoms with Crippen LogP contribution in [0.25, 0.3) is 99.3 Å². The van der Waals surface area contributed by atoms with E-state index in [1.165, 1.54) is 122 Å². The number of benzene rings is 9. The summed E-state index contributed by atoms with van der Waals surface area (Å²) >= 11 is 0. The smallest absolute Gasteiger partial charge is 0.0568 e. The third-order valence-corrected chi connectivity index (χ3v) is 14.2. The van der Waals surface area contributed by atoms with Gasteiger partial charge in [-0.2, -0.15) is 0 Å². The molecule has 0 aliphatic heterocycles. The fourth-order valence-corrected chi connectivity index (χ4v) is 11.3. The van der Waals surface area contributed by atoms with E-state index in [1.54, 1.807) is 0 Å². The maximum atomic E-state index is 2.48. The van der Waals surface area contributed by atoms with Crippen molar-refractivity contribution in [2.75, 3.05) is 0 Å². The van der Waals surface area contributed by atoms with Gasteiger partial charge in [-0.1, -0.05) is 191 Å². The molecule has 1 heteroatoms. The SMILES string of the molecule is Cn1c(-c2ccccc2)c(-c2ccc3c(c2)C(C)(C)c2ccccc2-3)c2ccc(-c3c4ccccc4c(-c4ccc5c(c4)C(C)(C)c4ccccc4-5)c4ccccc34)cc21. The first-order chi connectivity index (χ1) is 29.2. The number of hydrogen-bond acceptors (Lipinski definition) is 0. The Balaban J connectivity index is 1.08. The molecule has 1 aromatic heterocycles. The lowest BCUT2D eigenvalue weighted by Gasteiger charge is -2.23. The van der Waals surface area contributed by atoms with E-state index in [0.29, 0.717) is 0 Å². The van der Waals surface area contributed by atoms with Gasteiger partial charge in [-0.25, -0.2) is 0 Å². The molecule has 0 amide bonds. The summed E-state index contributed by atoms with van der Waals surface area (Å²) in [4.78, 5) is 0. The normalized spacial score (nSPS) is 14.3. The number of nitrogens with zero attached hydrogens (tertiary/aromatic N) is 1. The fourth-order valence-electron chi connectivity index (χ4n) is 11.3. The molecule has 60 heavy (non-hydrogen) atoms. The summed E-state index contributed by atoms with van der Waals surface area (Å²) in [5, 5.41) is 6.36. The monoisotopic (exact) mass is 767 g/mol. The zero-order chi connectivity index (χ0) is 40.5. The molecule has 0 N–H and O–H groups in total. The maximum Gasteiger partial charge on any atom is 0.0568 e. The molecule has 0 radical (unpaired) electrons. The highest BCUT2D eigenvalue weighted by molar-refractivity contribution is 6.22. The first kappa shape index (κ1) is 35.0. The van der Waals surface area contributed by atoms with Crippen LogP contribution in [0.15, 0.2) is 182 Å². The second-order valence-corrected chi connectivity index (χ2v) is 18.1. The molecule has 0 unspecified atom stereocenters. The standard InChI is InChI=1S/C59H45N/c1-58(2)49-25-15-13-19-40(49)42-30-27-37(33-51(42)58)54-44-21-9-11-23-46(44)55(47-24-12-10-22-45(47)54)39-29-32-48-53(35-39)60(5)57(36-17-7-6-8-18-36)56(48)38-28-31-43-41-20-14-16-26-50(41)59(3,4)52(43)34-38/h6-35H,1-5H3. The fraction of sp³-hybridized carbons (Fsp3) is 0.119. The largest absolute Gasteiger partial charge is 0.343 e. The summed E-state index contributed by atoms with van der Waals surface area (Å²) in [5.74, 6) is 0. The molecule has 1 nitrogen and oxygen atoms in total. The molecule has 9 aromatic carbocycles. The highest BCUT2D eigenvalue weighted by Gasteiger charge is 2.37. The van der Waals surface area contributed by atoms with Gasteiger partial charge >= 0.3 is 0 Å². The predicted molar refractivity (Wildman–Crippen MR) is 255 cm³/mol. The summed E-state index contributed by atoms with van der Waals surface area (Å²) in [5.41, 5.74) is 22.1. The molecule has 0 spiro atoms. The van der Waals surface area contributed by atoms with Crippen LogP contribution in [0.2, 0.25) is 0 Å². The number of aromatic nitrogens is 1. The zero-order valence-corrected chi connectivity index (χ0v) is 34.8. The summed E-state index contributed by atoms with van der Waals surface area (Å²) in [6.07, 6.45) is 0. The second-order valence-electron chi connectivity index (χ2n) is 18.1. The van der Waals surface area contributed by atoms with Crippen molar-refractivity contribution in [1.82, 2.24) is 4.57 Å². The Labute approximate surface area is 352 Å². The van der Waals surface area contributed by atoms with Crippen LogP contribution in [0.1, 0.15) is 49.9 Å². The molecule has 0 bridgehead atoms. The third kappa shape index (κ3) is 4.75. The highest BCUT2D eigenvalue weighted by atomic mass is 15.0. The Morgan fingerprint density at radius 3 is 1.23 bits per heavy atom. The van der Waals surface area contributed by atoms with Gasteiger partial charge in [-0.05, 0) is 118 Å². The first-order valence-electron chi connectivity index (χ1n) is 21.3. The van der Waals surface area contributed by atoms with Gasteiger partial charge in [0, 0.05) is 34.3 Å². The van der Waals surface area contributed by atoms with Crippen molar-refractivity contribution in [1.29, 1.82) is 0 Å². The summed E-state index contributed by atoms with van der Waals surface area (Å²) < 4.78 is 2.43. The van der Waals surface area contributed by atoms with Crippen LogP contribution in [0.4, 0.5) is 0 Å². The van der Waals surface area contributed by atoms with Gasteiger partial charge in [0.1, 0.15) is 0 Å². The lowest BCUT2D eigenvalue weighted by molar-refractivity contribution is 0.660. The Morgan fingerprint density at radius 1 is 0.317 bits per heavy atom. The predicted octanol–water partition coefficient (Wildman–Crippen LogP) is 15.8. The minimum Gasteiger partial charge on any atom is -0.343 e. The molecule has 2 aliphatic carbocycles. The number of hydrogen-bond donors (Lipinski definition) is 0. The van der Waals surface area contributed by atoms with Crippen molar-refractivity contribution in [2.24, 2.45) is 7.05 Å². The molecular weight excluding hydrogens is 723 g/mol. The van der Waals surface area contributed by atoms with Gasteiger partial charge in [0.2, 0.25) is 0 Å². The number of rotatable bonds is 4. The zero-order valence-electron chi connectivity index (χ0n) is 34.8. The molecule has 286 valence electrons. The minimum absolute atomic E-state index is 0.0730. The molecular formula is C59H45N. The Bertz CT molecular complexity index is 3370. The molecule has 0 atom stereocenters. The van der Waals surface area contributed by atoms with Crippen molar-refractivity contribution < 1.29 is 0 Å².